The Morgan fingerprint density at radius 3 is 2.14 bits per heavy atom. The van der Waals surface area contributed by atoms with Gasteiger partial charge in [-0.05, 0) is 85.5 Å². The van der Waals surface area contributed by atoms with Crippen molar-refractivity contribution < 1.29 is 21.6 Å². The van der Waals surface area contributed by atoms with Crippen molar-refractivity contribution in [3.05, 3.63) is 101 Å². The zero-order valence-corrected chi connectivity index (χ0v) is 22.7. The SMILES string of the molecule is Cc1ccc(NS(=O)(=O)c2ccc(NC(=O)c3ccc(N(C)S(=O)(=O)c4cccs4)cc3)cc2)c(C)c1. The molecule has 0 aliphatic rings. The molecule has 1 heterocycles. The normalized spacial score (nSPS) is 11.6. The maximum Gasteiger partial charge on any atom is 0.273 e. The van der Waals surface area contributed by atoms with Gasteiger partial charge in [-0.2, -0.15) is 0 Å². The fourth-order valence-corrected chi connectivity index (χ4v) is 7.05. The van der Waals surface area contributed by atoms with Gasteiger partial charge in [-0.3, -0.25) is 13.8 Å². The van der Waals surface area contributed by atoms with Crippen LogP contribution in [0.25, 0.3) is 0 Å². The van der Waals surface area contributed by atoms with Crippen LogP contribution in [0.15, 0.2) is 93.3 Å². The van der Waals surface area contributed by atoms with Gasteiger partial charge in [0.15, 0.2) is 0 Å². The standard InChI is InChI=1S/C26H25N3O5S3/c1-18-6-15-24(19(2)17-18)28-36(31,32)23-13-9-21(10-14-23)27-26(30)20-7-11-22(12-8-20)29(3)37(33,34)25-5-4-16-35-25/h4-17,28H,1-3H3,(H,27,30). The van der Waals surface area contributed by atoms with Crippen molar-refractivity contribution in [3.8, 4) is 0 Å². The summed E-state index contributed by atoms with van der Waals surface area (Å²) in [4.78, 5) is 12.8. The molecule has 0 bridgehead atoms. The van der Waals surface area contributed by atoms with Crippen molar-refractivity contribution in [1.29, 1.82) is 0 Å². The monoisotopic (exact) mass is 555 g/mol. The lowest BCUT2D eigenvalue weighted by Gasteiger charge is -2.18. The summed E-state index contributed by atoms with van der Waals surface area (Å²) in [5.74, 6) is -0.417. The molecule has 0 saturated carbocycles. The Balaban J connectivity index is 1.43. The number of aryl methyl sites for hydroxylation is 2. The van der Waals surface area contributed by atoms with E-state index in [0.717, 1.165) is 26.8 Å². The van der Waals surface area contributed by atoms with E-state index in [1.54, 1.807) is 29.6 Å². The smallest absolute Gasteiger partial charge is 0.273 e. The molecule has 37 heavy (non-hydrogen) atoms. The zero-order chi connectivity index (χ0) is 26.8. The number of rotatable bonds is 8. The van der Waals surface area contributed by atoms with Crippen molar-refractivity contribution in [2.45, 2.75) is 23.0 Å². The fourth-order valence-electron chi connectivity index (χ4n) is 3.56. The van der Waals surface area contributed by atoms with Gasteiger partial charge in [0.05, 0.1) is 16.3 Å². The first-order valence-corrected chi connectivity index (χ1v) is 14.9. The Morgan fingerprint density at radius 1 is 0.865 bits per heavy atom. The number of nitrogens with one attached hydrogen (secondary N) is 2. The minimum Gasteiger partial charge on any atom is -0.322 e. The van der Waals surface area contributed by atoms with Crippen LogP contribution in [0.2, 0.25) is 0 Å². The summed E-state index contributed by atoms with van der Waals surface area (Å²) >= 11 is 1.13. The molecule has 0 unspecified atom stereocenters. The van der Waals surface area contributed by atoms with Crippen molar-refractivity contribution in [1.82, 2.24) is 0 Å². The average molecular weight is 556 g/mol. The highest BCUT2D eigenvalue weighted by molar-refractivity contribution is 7.94. The molecular formula is C26H25N3O5S3. The molecule has 1 aromatic heterocycles. The molecule has 1 amide bonds. The second-order valence-corrected chi connectivity index (χ2v) is 13.2. The van der Waals surface area contributed by atoms with Crippen LogP contribution in [0, 0.1) is 13.8 Å². The Kier molecular flexibility index (Phi) is 7.39. The molecule has 0 saturated heterocycles. The fraction of sp³-hybridized carbons (Fsp3) is 0.115. The van der Waals surface area contributed by atoms with Crippen LogP contribution in [0.3, 0.4) is 0 Å². The van der Waals surface area contributed by atoms with E-state index in [9.17, 15) is 21.6 Å². The van der Waals surface area contributed by atoms with E-state index in [2.05, 4.69) is 10.0 Å². The number of nitrogens with zero attached hydrogens (tertiary/aromatic N) is 1. The van der Waals surface area contributed by atoms with Gasteiger partial charge in [-0.1, -0.05) is 23.8 Å². The van der Waals surface area contributed by atoms with E-state index in [1.807, 2.05) is 26.0 Å². The Morgan fingerprint density at radius 2 is 1.54 bits per heavy atom. The predicted octanol–water partition coefficient (Wildman–Crippen LogP) is 5.24. The van der Waals surface area contributed by atoms with Gasteiger partial charge in [-0.25, -0.2) is 16.8 Å². The highest BCUT2D eigenvalue weighted by Crippen LogP contribution is 2.26. The molecule has 0 fully saturated rings. The van der Waals surface area contributed by atoms with Crippen LogP contribution in [0.4, 0.5) is 17.1 Å². The largest absolute Gasteiger partial charge is 0.322 e. The molecular weight excluding hydrogens is 531 g/mol. The molecule has 2 N–H and O–H groups in total. The summed E-state index contributed by atoms with van der Waals surface area (Å²) in [6, 6.07) is 20.6. The molecule has 3 aromatic carbocycles. The van der Waals surface area contributed by atoms with Crippen LogP contribution in [-0.4, -0.2) is 29.8 Å². The predicted molar refractivity (Wildman–Crippen MR) is 147 cm³/mol. The highest BCUT2D eigenvalue weighted by Gasteiger charge is 2.22. The lowest BCUT2D eigenvalue weighted by Crippen LogP contribution is -2.25. The third-order valence-electron chi connectivity index (χ3n) is 5.65. The number of anilines is 3. The van der Waals surface area contributed by atoms with Crippen LogP contribution in [-0.2, 0) is 20.0 Å². The van der Waals surface area contributed by atoms with Gasteiger partial charge >= 0.3 is 0 Å². The number of amides is 1. The van der Waals surface area contributed by atoms with E-state index < -0.39 is 26.0 Å². The van der Waals surface area contributed by atoms with Gasteiger partial charge in [0.1, 0.15) is 4.21 Å². The summed E-state index contributed by atoms with van der Waals surface area (Å²) in [5.41, 5.74) is 3.49. The maximum absolute atomic E-state index is 12.8. The lowest BCUT2D eigenvalue weighted by molar-refractivity contribution is 0.102. The van der Waals surface area contributed by atoms with Crippen molar-refractivity contribution in [3.63, 3.8) is 0 Å². The number of hydrogen-bond donors (Lipinski definition) is 2. The number of benzene rings is 3. The maximum atomic E-state index is 12.8. The van der Waals surface area contributed by atoms with Crippen molar-refractivity contribution >= 4 is 54.4 Å². The molecule has 8 nitrogen and oxygen atoms in total. The number of carbonyl (C=O) groups is 1. The number of carbonyl (C=O) groups excluding carboxylic acids is 1. The highest BCUT2D eigenvalue weighted by atomic mass is 32.2. The van der Waals surface area contributed by atoms with Crippen molar-refractivity contribution in [2.24, 2.45) is 0 Å². The van der Waals surface area contributed by atoms with E-state index >= 15 is 0 Å². The van der Waals surface area contributed by atoms with Crippen LogP contribution in [0.5, 0.6) is 0 Å². The second kappa shape index (κ2) is 10.4. The van der Waals surface area contributed by atoms with E-state index in [0.29, 0.717) is 22.6 Å². The molecule has 0 spiro atoms. The van der Waals surface area contributed by atoms with E-state index in [-0.39, 0.29) is 9.10 Å². The van der Waals surface area contributed by atoms with Gasteiger partial charge in [0, 0.05) is 18.3 Å². The third kappa shape index (κ3) is 5.85. The number of thiophene rings is 1. The lowest BCUT2D eigenvalue weighted by atomic mass is 10.1. The van der Waals surface area contributed by atoms with Gasteiger partial charge < -0.3 is 5.32 Å². The van der Waals surface area contributed by atoms with Gasteiger partial charge in [0.2, 0.25) is 0 Å². The number of sulfonamides is 2. The first-order chi connectivity index (χ1) is 17.5. The Bertz CT molecular complexity index is 1630. The van der Waals surface area contributed by atoms with Gasteiger partial charge in [0.25, 0.3) is 26.0 Å². The molecule has 0 aliphatic heterocycles. The summed E-state index contributed by atoms with van der Waals surface area (Å²) in [6.45, 7) is 3.76. The Hall–Kier alpha value is -3.67. The minimum atomic E-state index is -3.80. The van der Waals surface area contributed by atoms with E-state index in [1.165, 1.54) is 49.5 Å². The molecule has 0 radical (unpaired) electrons. The Labute approximate surface area is 220 Å². The van der Waals surface area contributed by atoms with Crippen LogP contribution in [0.1, 0.15) is 21.5 Å². The minimum absolute atomic E-state index is 0.0600. The van der Waals surface area contributed by atoms with Crippen molar-refractivity contribution in [2.75, 3.05) is 21.4 Å². The first kappa shape index (κ1) is 26.4. The van der Waals surface area contributed by atoms with E-state index in [4.69, 9.17) is 0 Å². The average Bonchev–Trinajstić information content (AvgIpc) is 3.42. The molecule has 4 aromatic rings. The van der Waals surface area contributed by atoms with Gasteiger partial charge in [-0.15, -0.1) is 11.3 Å². The molecule has 4 rings (SSSR count). The molecule has 0 atom stereocenters. The summed E-state index contributed by atoms with van der Waals surface area (Å²) in [6.07, 6.45) is 0. The second-order valence-electron chi connectivity index (χ2n) is 8.35. The van der Waals surface area contributed by atoms with Crippen LogP contribution < -0.4 is 14.3 Å². The topological polar surface area (TPSA) is 113 Å². The molecule has 11 heteroatoms. The summed E-state index contributed by atoms with van der Waals surface area (Å²) in [5, 5.41) is 4.41. The quantitative estimate of drug-likeness (QED) is 0.309. The summed E-state index contributed by atoms with van der Waals surface area (Å²) < 4.78 is 54.9. The van der Waals surface area contributed by atoms with Crippen LogP contribution >= 0.6 is 11.3 Å². The molecule has 192 valence electrons. The first-order valence-electron chi connectivity index (χ1n) is 11.1. The summed E-state index contributed by atoms with van der Waals surface area (Å²) in [7, 11) is -6.02. The zero-order valence-electron chi connectivity index (χ0n) is 20.3. The third-order valence-corrected chi connectivity index (χ3v) is 10.2. The molecule has 0 aliphatic carbocycles. The number of hydrogen-bond acceptors (Lipinski definition) is 6.